The molecule has 0 aliphatic heterocycles. The van der Waals surface area contributed by atoms with E-state index in [1.54, 1.807) is 0 Å². The van der Waals surface area contributed by atoms with Gasteiger partial charge in [0.15, 0.2) is 0 Å². The Balaban J connectivity index is 0.957. The third kappa shape index (κ3) is 5.43. The van der Waals surface area contributed by atoms with Crippen LogP contribution in [0, 0.1) is 0 Å². The molecule has 0 fully saturated rings. The van der Waals surface area contributed by atoms with Crippen molar-refractivity contribution < 1.29 is 8.83 Å². The number of hydrogen-bond donors (Lipinski definition) is 0. The number of fused-ring (bicyclic) bond motifs is 9. The molecule has 2 aromatic heterocycles. The Kier molecular flexibility index (Phi) is 7.58. The maximum Gasteiger partial charge on any atom is 0.137 e. The Bertz CT molecular complexity index is 3430. The fraction of sp³-hybridized carbons (Fsp3) is 0.0526. The fourth-order valence-electron chi connectivity index (χ4n) is 9.55. The average molecular weight is 770 g/mol. The van der Waals surface area contributed by atoms with Gasteiger partial charge >= 0.3 is 0 Å². The molecule has 0 bridgehead atoms. The number of anilines is 3. The van der Waals surface area contributed by atoms with Gasteiger partial charge in [0.1, 0.15) is 22.3 Å². The summed E-state index contributed by atoms with van der Waals surface area (Å²) in [5.41, 5.74) is 18.9. The minimum absolute atomic E-state index is 0.129. The molecule has 1 aliphatic rings. The van der Waals surface area contributed by atoms with Crippen molar-refractivity contribution in [3.05, 3.63) is 211 Å². The molecule has 12 rings (SSSR count). The van der Waals surface area contributed by atoms with Gasteiger partial charge in [0.25, 0.3) is 0 Å². The molecule has 0 amide bonds. The lowest BCUT2D eigenvalue weighted by molar-refractivity contribution is 0.660. The van der Waals surface area contributed by atoms with Crippen molar-refractivity contribution in [3.63, 3.8) is 0 Å². The molecule has 3 heteroatoms. The van der Waals surface area contributed by atoms with Crippen molar-refractivity contribution in [2.75, 3.05) is 4.90 Å². The van der Waals surface area contributed by atoms with E-state index in [4.69, 9.17) is 8.83 Å². The molecule has 0 saturated heterocycles. The minimum atomic E-state index is -0.129. The topological polar surface area (TPSA) is 29.5 Å². The van der Waals surface area contributed by atoms with Crippen LogP contribution in [0.25, 0.3) is 88.4 Å². The van der Waals surface area contributed by atoms with E-state index in [9.17, 15) is 0 Å². The van der Waals surface area contributed by atoms with Gasteiger partial charge in [-0.1, -0.05) is 147 Å². The highest BCUT2D eigenvalue weighted by Gasteiger charge is 2.35. The second-order valence-electron chi connectivity index (χ2n) is 16.5. The van der Waals surface area contributed by atoms with Gasteiger partial charge in [-0.05, 0) is 116 Å². The van der Waals surface area contributed by atoms with E-state index in [2.05, 4.69) is 213 Å². The summed E-state index contributed by atoms with van der Waals surface area (Å²) >= 11 is 0. The SMILES string of the molecule is CC1(C)c2ccccc2-c2ccc(N(c3ccc(-c4ccc(-c5ccccc5)cc4)cc3)c3ccc4c(c3)oc3cc5c(cc34)oc3cc(-c4ccccc4)ccc35)cc21. The first kappa shape index (κ1) is 34.4. The molecule has 0 saturated carbocycles. The molecule has 0 N–H and O–H groups in total. The molecular formula is C57H39NO2. The molecular weight excluding hydrogens is 731 g/mol. The zero-order chi connectivity index (χ0) is 40.0. The maximum absolute atomic E-state index is 6.73. The van der Waals surface area contributed by atoms with E-state index in [-0.39, 0.29) is 5.41 Å². The van der Waals surface area contributed by atoms with E-state index in [1.807, 2.05) is 6.07 Å². The van der Waals surface area contributed by atoms with Gasteiger partial charge in [0.05, 0.1) is 0 Å². The molecule has 0 atom stereocenters. The van der Waals surface area contributed by atoms with Crippen molar-refractivity contribution in [3.8, 4) is 44.5 Å². The van der Waals surface area contributed by atoms with Crippen LogP contribution in [-0.2, 0) is 5.41 Å². The molecule has 9 aromatic carbocycles. The van der Waals surface area contributed by atoms with Crippen molar-refractivity contribution >= 4 is 60.9 Å². The maximum atomic E-state index is 6.73. The van der Waals surface area contributed by atoms with Crippen LogP contribution in [0.5, 0.6) is 0 Å². The van der Waals surface area contributed by atoms with Crippen molar-refractivity contribution in [2.45, 2.75) is 19.3 Å². The number of nitrogens with zero attached hydrogens (tertiary/aromatic N) is 1. The van der Waals surface area contributed by atoms with Crippen LogP contribution in [0.15, 0.2) is 209 Å². The molecule has 2 heterocycles. The largest absolute Gasteiger partial charge is 0.456 e. The second kappa shape index (κ2) is 13.2. The van der Waals surface area contributed by atoms with Crippen LogP contribution < -0.4 is 4.90 Å². The third-order valence-corrected chi connectivity index (χ3v) is 12.7. The van der Waals surface area contributed by atoms with Gasteiger partial charge in [-0.15, -0.1) is 0 Å². The molecule has 11 aromatic rings. The molecule has 0 unspecified atom stereocenters. The van der Waals surface area contributed by atoms with Crippen LogP contribution >= 0.6 is 0 Å². The number of benzene rings is 9. The Labute approximate surface area is 348 Å². The van der Waals surface area contributed by atoms with E-state index >= 15 is 0 Å². The smallest absolute Gasteiger partial charge is 0.137 e. The molecule has 1 aliphatic carbocycles. The van der Waals surface area contributed by atoms with Crippen molar-refractivity contribution in [1.82, 2.24) is 0 Å². The van der Waals surface area contributed by atoms with Gasteiger partial charge in [-0.25, -0.2) is 0 Å². The third-order valence-electron chi connectivity index (χ3n) is 12.7. The van der Waals surface area contributed by atoms with Crippen LogP contribution in [0.2, 0.25) is 0 Å². The lowest BCUT2D eigenvalue weighted by Crippen LogP contribution is -2.16. The standard InChI is InChI=1S/C57H39NO2/c1-57(2)51-16-10-9-15-45(51)46-29-26-43(32-52(46)57)58(42-24-21-40(22-25-42)39-19-17-38(18-20-39)36-11-5-3-6-12-36)44-27-30-48-50-35-55-49(34-56(50)60-54(48)33-44)47-28-23-41(31-53(47)59-55)37-13-7-4-8-14-37/h3-35H,1-2H3. The van der Waals surface area contributed by atoms with Crippen LogP contribution in [0.1, 0.15) is 25.0 Å². The normalized spacial score (nSPS) is 13.0. The zero-order valence-corrected chi connectivity index (χ0v) is 33.3. The van der Waals surface area contributed by atoms with Crippen LogP contribution in [0.4, 0.5) is 17.1 Å². The predicted octanol–water partition coefficient (Wildman–Crippen LogP) is 16.3. The zero-order valence-electron chi connectivity index (χ0n) is 33.3. The summed E-state index contributed by atoms with van der Waals surface area (Å²) in [6.07, 6.45) is 0. The first-order chi connectivity index (χ1) is 29.5. The number of hydrogen-bond acceptors (Lipinski definition) is 3. The molecule has 3 nitrogen and oxygen atoms in total. The highest BCUT2D eigenvalue weighted by molar-refractivity contribution is 6.15. The average Bonchev–Trinajstić information content (AvgIpc) is 3.92. The predicted molar refractivity (Wildman–Crippen MR) is 250 cm³/mol. The number of furan rings is 2. The second-order valence-corrected chi connectivity index (χ2v) is 16.5. The lowest BCUT2D eigenvalue weighted by Gasteiger charge is -2.28. The molecule has 0 spiro atoms. The summed E-state index contributed by atoms with van der Waals surface area (Å²) < 4.78 is 13.2. The highest BCUT2D eigenvalue weighted by atomic mass is 16.3. The summed E-state index contributed by atoms with van der Waals surface area (Å²) in [7, 11) is 0. The van der Waals surface area contributed by atoms with Crippen molar-refractivity contribution in [1.29, 1.82) is 0 Å². The molecule has 60 heavy (non-hydrogen) atoms. The van der Waals surface area contributed by atoms with E-state index in [0.717, 1.165) is 66.5 Å². The van der Waals surface area contributed by atoms with E-state index in [0.29, 0.717) is 0 Å². The van der Waals surface area contributed by atoms with Gasteiger partial charge in [0, 0.05) is 50.1 Å². The quantitative estimate of drug-likeness (QED) is 0.169. The summed E-state index contributed by atoms with van der Waals surface area (Å²) in [6.45, 7) is 4.68. The van der Waals surface area contributed by atoms with Gasteiger partial charge in [0.2, 0.25) is 0 Å². The Morgan fingerprint density at radius 1 is 0.317 bits per heavy atom. The van der Waals surface area contributed by atoms with Gasteiger partial charge in [-0.3, -0.25) is 0 Å². The Morgan fingerprint density at radius 2 is 0.750 bits per heavy atom. The lowest BCUT2D eigenvalue weighted by atomic mass is 9.82. The Hall–Kier alpha value is -7.62. The fourth-order valence-corrected chi connectivity index (χ4v) is 9.55. The summed E-state index contributed by atoms with van der Waals surface area (Å²) in [6, 6.07) is 71.9. The minimum Gasteiger partial charge on any atom is -0.456 e. The Morgan fingerprint density at radius 3 is 1.40 bits per heavy atom. The van der Waals surface area contributed by atoms with E-state index < -0.39 is 0 Å². The summed E-state index contributed by atoms with van der Waals surface area (Å²) in [5.74, 6) is 0. The van der Waals surface area contributed by atoms with E-state index in [1.165, 1.54) is 50.1 Å². The first-order valence-corrected chi connectivity index (χ1v) is 20.6. The van der Waals surface area contributed by atoms with Crippen LogP contribution in [0.3, 0.4) is 0 Å². The highest BCUT2D eigenvalue weighted by Crippen LogP contribution is 2.51. The summed E-state index contributed by atoms with van der Waals surface area (Å²) in [5, 5.41) is 4.23. The number of rotatable bonds is 6. The first-order valence-electron chi connectivity index (χ1n) is 20.6. The van der Waals surface area contributed by atoms with Gasteiger partial charge < -0.3 is 13.7 Å². The van der Waals surface area contributed by atoms with Crippen LogP contribution in [-0.4, -0.2) is 0 Å². The van der Waals surface area contributed by atoms with Crippen molar-refractivity contribution in [2.24, 2.45) is 0 Å². The molecule has 284 valence electrons. The summed E-state index contributed by atoms with van der Waals surface area (Å²) in [4.78, 5) is 2.36. The molecule has 0 radical (unpaired) electrons. The monoisotopic (exact) mass is 769 g/mol. The van der Waals surface area contributed by atoms with Gasteiger partial charge in [-0.2, -0.15) is 0 Å².